The highest BCUT2D eigenvalue weighted by atomic mass is 16.7. The van der Waals surface area contributed by atoms with Crippen molar-refractivity contribution in [2.75, 3.05) is 34.4 Å². The lowest BCUT2D eigenvalue weighted by Crippen LogP contribution is -2.58. The number of hydrogen-bond acceptors (Lipinski definition) is 5. The van der Waals surface area contributed by atoms with Crippen LogP contribution < -0.4 is 0 Å². The quantitative estimate of drug-likeness (QED) is 0.301. The highest BCUT2D eigenvalue weighted by Crippen LogP contribution is 2.40. The normalized spacial score (nSPS) is 21.1. The molecule has 0 N–H and O–H groups in total. The molecule has 2 unspecified atom stereocenters. The third-order valence-corrected chi connectivity index (χ3v) is 5.03. The second-order valence-electron chi connectivity index (χ2n) is 6.84. The number of nitrogens with zero attached hydrogens (tertiary/aromatic N) is 5. The van der Waals surface area contributed by atoms with Crippen LogP contribution >= 0.6 is 0 Å². The van der Waals surface area contributed by atoms with Crippen molar-refractivity contribution in [2.24, 2.45) is 5.11 Å². The smallest absolute Gasteiger partial charge is 0.253 e. The number of hydrogen-bond donors (Lipinski definition) is 0. The highest BCUT2D eigenvalue weighted by molar-refractivity contribution is 5.94. The van der Waals surface area contributed by atoms with Crippen LogP contribution in [0.5, 0.6) is 0 Å². The predicted octanol–water partition coefficient (Wildman–Crippen LogP) is 3.56. The fraction of sp³-hybridized carbons (Fsp3) is 0.632. The molecule has 27 heavy (non-hydrogen) atoms. The van der Waals surface area contributed by atoms with Gasteiger partial charge in [-0.3, -0.25) is 9.69 Å². The number of azide groups is 1. The first-order valence-electron chi connectivity index (χ1n) is 9.26. The van der Waals surface area contributed by atoms with Crippen molar-refractivity contribution in [1.29, 1.82) is 0 Å². The van der Waals surface area contributed by atoms with Gasteiger partial charge in [0.15, 0.2) is 5.79 Å². The zero-order chi connectivity index (χ0) is 20.0. The molecule has 1 saturated carbocycles. The molecule has 8 nitrogen and oxygen atoms in total. The van der Waals surface area contributed by atoms with Gasteiger partial charge in [0.05, 0.1) is 12.1 Å². The van der Waals surface area contributed by atoms with Crippen LogP contribution in [0.1, 0.15) is 37.0 Å². The van der Waals surface area contributed by atoms with Crippen LogP contribution in [0.25, 0.3) is 10.4 Å². The summed E-state index contributed by atoms with van der Waals surface area (Å²) in [6, 6.07) is 6.53. The van der Waals surface area contributed by atoms with Gasteiger partial charge < -0.3 is 14.4 Å². The maximum Gasteiger partial charge on any atom is 0.253 e. The SMILES string of the molecule is CCOC1(OCC)CCC(N(C)C(=O)c2ccc(N=[N+]=[N-])cc2)C1N(C)C. The average Bonchev–Trinajstić information content (AvgIpc) is 3.01. The van der Waals surface area contributed by atoms with Gasteiger partial charge in [-0.1, -0.05) is 17.2 Å². The maximum atomic E-state index is 13.0. The molecule has 0 spiro atoms. The number of benzene rings is 1. The van der Waals surface area contributed by atoms with Gasteiger partial charge in [0.2, 0.25) is 0 Å². The lowest BCUT2D eigenvalue weighted by Gasteiger charge is -2.42. The Kier molecular flexibility index (Phi) is 7.21. The predicted molar refractivity (Wildman–Crippen MR) is 104 cm³/mol. The van der Waals surface area contributed by atoms with Crippen LogP contribution in [0.4, 0.5) is 5.69 Å². The summed E-state index contributed by atoms with van der Waals surface area (Å²) in [5.74, 6) is -0.791. The van der Waals surface area contributed by atoms with Crippen LogP contribution in [-0.2, 0) is 9.47 Å². The van der Waals surface area contributed by atoms with E-state index in [4.69, 9.17) is 15.0 Å². The van der Waals surface area contributed by atoms with Gasteiger partial charge in [0.25, 0.3) is 5.91 Å². The van der Waals surface area contributed by atoms with Crippen molar-refractivity contribution >= 4 is 11.6 Å². The van der Waals surface area contributed by atoms with Gasteiger partial charge in [0.1, 0.15) is 0 Å². The highest BCUT2D eigenvalue weighted by Gasteiger charge is 2.53. The Morgan fingerprint density at radius 2 is 1.81 bits per heavy atom. The van der Waals surface area contributed by atoms with E-state index in [1.165, 1.54) is 0 Å². The van der Waals surface area contributed by atoms with Crippen molar-refractivity contribution in [3.63, 3.8) is 0 Å². The molecule has 1 aromatic carbocycles. The fourth-order valence-corrected chi connectivity index (χ4v) is 4.01. The van der Waals surface area contributed by atoms with Gasteiger partial charge in [-0.2, -0.15) is 0 Å². The average molecular weight is 375 g/mol. The van der Waals surface area contributed by atoms with Crippen molar-refractivity contribution in [3.05, 3.63) is 40.3 Å². The van der Waals surface area contributed by atoms with E-state index in [1.807, 2.05) is 35.0 Å². The number of ether oxygens (including phenoxy) is 2. The van der Waals surface area contributed by atoms with E-state index >= 15 is 0 Å². The molecule has 2 atom stereocenters. The third-order valence-electron chi connectivity index (χ3n) is 5.03. The number of carbonyl (C=O) groups excluding carboxylic acids is 1. The maximum absolute atomic E-state index is 13.0. The lowest BCUT2D eigenvalue weighted by molar-refractivity contribution is -0.254. The molecule has 1 aliphatic carbocycles. The van der Waals surface area contributed by atoms with Crippen molar-refractivity contribution in [3.8, 4) is 0 Å². The molecule has 0 aromatic heterocycles. The first kappa shape index (κ1) is 21.2. The standard InChI is InChI=1S/C19H29N5O3/c1-6-26-19(27-7-2)13-12-16(17(19)23(3)4)24(5)18(25)14-8-10-15(11-9-14)21-22-20/h8-11,16-17H,6-7,12-13H2,1-5H3. The summed E-state index contributed by atoms with van der Waals surface area (Å²) in [4.78, 5) is 19.6. The molecule has 1 amide bonds. The van der Waals surface area contributed by atoms with Gasteiger partial charge >= 0.3 is 0 Å². The fourth-order valence-electron chi connectivity index (χ4n) is 4.01. The molecule has 0 heterocycles. The summed E-state index contributed by atoms with van der Waals surface area (Å²) >= 11 is 0. The summed E-state index contributed by atoms with van der Waals surface area (Å²) in [5.41, 5.74) is 9.54. The number of carbonyl (C=O) groups is 1. The Bertz CT molecular complexity index is 679. The van der Waals surface area contributed by atoms with E-state index in [9.17, 15) is 4.79 Å². The molecule has 1 fully saturated rings. The van der Waals surface area contributed by atoms with E-state index in [0.29, 0.717) is 24.5 Å². The first-order chi connectivity index (χ1) is 12.9. The van der Waals surface area contributed by atoms with Crippen LogP contribution in [0.2, 0.25) is 0 Å². The van der Waals surface area contributed by atoms with Crippen LogP contribution in [0.3, 0.4) is 0 Å². The van der Waals surface area contributed by atoms with E-state index in [2.05, 4.69) is 14.9 Å². The van der Waals surface area contributed by atoms with E-state index in [-0.39, 0.29) is 18.0 Å². The van der Waals surface area contributed by atoms with E-state index in [0.717, 1.165) is 12.8 Å². The van der Waals surface area contributed by atoms with Crippen molar-refractivity contribution in [2.45, 2.75) is 44.6 Å². The Morgan fingerprint density at radius 3 is 2.30 bits per heavy atom. The van der Waals surface area contributed by atoms with Gasteiger partial charge in [-0.05, 0) is 52.0 Å². The monoisotopic (exact) mass is 375 g/mol. The molecule has 1 aliphatic rings. The minimum Gasteiger partial charge on any atom is -0.349 e. The minimum atomic E-state index is -0.711. The lowest BCUT2D eigenvalue weighted by atomic mass is 10.0. The number of rotatable bonds is 8. The van der Waals surface area contributed by atoms with Gasteiger partial charge in [-0.15, -0.1) is 0 Å². The molecular formula is C19H29N5O3. The topological polar surface area (TPSA) is 90.8 Å². The molecule has 1 aromatic rings. The van der Waals surface area contributed by atoms with E-state index < -0.39 is 5.79 Å². The van der Waals surface area contributed by atoms with Crippen LogP contribution in [0.15, 0.2) is 29.4 Å². The Labute approximate surface area is 160 Å². The zero-order valence-electron chi connectivity index (χ0n) is 16.8. The Morgan fingerprint density at radius 1 is 1.22 bits per heavy atom. The number of amides is 1. The molecular weight excluding hydrogens is 346 g/mol. The largest absolute Gasteiger partial charge is 0.349 e. The molecule has 0 radical (unpaired) electrons. The molecule has 148 valence electrons. The van der Waals surface area contributed by atoms with Crippen molar-refractivity contribution in [1.82, 2.24) is 9.80 Å². The van der Waals surface area contributed by atoms with E-state index in [1.54, 1.807) is 29.2 Å². The molecule has 0 bridgehead atoms. The number of likely N-dealkylation sites (N-methyl/N-ethyl adjacent to an activating group) is 2. The third kappa shape index (κ3) is 4.42. The van der Waals surface area contributed by atoms with Gasteiger partial charge in [-0.25, -0.2) is 0 Å². The summed E-state index contributed by atoms with van der Waals surface area (Å²) in [7, 11) is 5.80. The molecule has 8 heteroatoms. The molecule has 0 aliphatic heterocycles. The first-order valence-corrected chi connectivity index (χ1v) is 9.26. The van der Waals surface area contributed by atoms with Crippen molar-refractivity contribution < 1.29 is 14.3 Å². The second-order valence-corrected chi connectivity index (χ2v) is 6.84. The summed E-state index contributed by atoms with van der Waals surface area (Å²) < 4.78 is 12.1. The second kappa shape index (κ2) is 9.19. The summed E-state index contributed by atoms with van der Waals surface area (Å²) in [6.45, 7) is 5.02. The summed E-state index contributed by atoms with van der Waals surface area (Å²) in [6.07, 6.45) is 1.53. The summed E-state index contributed by atoms with van der Waals surface area (Å²) in [5, 5.41) is 3.54. The van der Waals surface area contributed by atoms with Gasteiger partial charge in [0, 0.05) is 42.8 Å². The van der Waals surface area contributed by atoms with Crippen LogP contribution in [0, 0.1) is 0 Å². The molecule has 0 saturated heterocycles. The Balaban J connectivity index is 2.26. The molecule has 2 rings (SSSR count). The zero-order valence-corrected chi connectivity index (χ0v) is 16.8. The minimum absolute atomic E-state index is 0.0394. The Hall–Kier alpha value is -2.12. The van der Waals surface area contributed by atoms with Crippen LogP contribution in [-0.4, -0.2) is 67.9 Å².